The van der Waals surface area contributed by atoms with Crippen molar-refractivity contribution in [3.8, 4) is 0 Å². The highest BCUT2D eigenvalue weighted by atomic mass is 15.4. The highest BCUT2D eigenvalue weighted by molar-refractivity contribution is 5.57. The zero-order chi connectivity index (χ0) is 14.2. The molecule has 0 amide bonds. The maximum absolute atomic E-state index is 4.34. The number of aryl methyl sites for hydroxylation is 1. The molecule has 0 radical (unpaired) electrons. The van der Waals surface area contributed by atoms with E-state index in [1.54, 1.807) is 12.5 Å². The van der Waals surface area contributed by atoms with Crippen LogP contribution in [0, 0.1) is 0 Å². The average Bonchev–Trinajstić information content (AvgIpc) is 2.98. The monoisotopic (exact) mass is 275 g/mol. The topological polar surface area (TPSA) is 80.5 Å². The second-order valence-corrected chi connectivity index (χ2v) is 4.50. The van der Waals surface area contributed by atoms with Crippen molar-refractivity contribution in [3.63, 3.8) is 0 Å². The molecule has 0 saturated carbocycles. The van der Waals surface area contributed by atoms with Gasteiger partial charge >= 0.3 is 0 Å². The Morgan fingerprint density at radius 1 is 1.25 bits per heavy atom. The van der Waals surface area contributed by atoms with Crippen LogP contribution in [0.5, 0.6) is 0 Å². The first-order valence-corrected chi connectivity index (χ1v) is 6.94. The molecule has 2 rings (SSSR count). The summed E-state index contributed by atoms with van der Waals surface area (Å²) in [4.78, 5) is 8.60. The normalized spacial score (nSPS) is 10.5. The van der Waals surface area contributed by atoms with Crippen LogP contribution in [0.25, 0.3) is 0 Å². The molecular formula is C13H21N7. The van der Waals surface area contributed by atoms with Crippen LogP contribution in [0.4, 0.5) is 11.6 Å². The molecule has 7 heteroatoms. The van der Waals surface area contributed by atoms with Crippen LogP contribution < -0.4 is 10.6 Å². The SMILES string of the molecule is CCCc1c(NC)ncnc1NCCCn1ccnn1. The van der Waals surface area contributed by atoms with Crippen LogP contribution >= 0.6 is 0 Å². The Hall–Kier alpha value is -2.18. The number of hydrogen-bond acceptors (Lipinski definition) is 6. The molecule has 0 spiro atoms. The molecule has 2 N–H and O–H groups in total. The van der Waals surface area contributed by atoms with Gasteiger partial charge in [0, 0.05) is 31.9 Å². The Morgan fingerprint density at radius 2 is 2.10 bits per heavy atom. The van der Waals surface area contributed by atoms with Gasteiger partial charge in [0.05, 0.1) is 6.20 Å². The van der Waals surface area contributed by atoms with Crippen LogP contribution in [-0.2, 0) is 13.0 Å². The van der Waals surface area contributed by atoms with Gasteiger partial charge in [0.15, 0.2) is 0 Å². The Morgan fingerprint density at radius 3 is 2.80 bits per heavy atom. The van der Waals surface area contributed by atoms with Crippen LogP contribution in [0.2, 0.25) is 0 Å². The fourth-order valence-electron chi connectivity index (χ4n) is 2.07. The quantitative estimate of drug-likeness (QED) is 0.712. The summed E-state index contributed by atoms with van der Waals surface area (Å²) in [6.07, 6.45) is 8.14. The molecule has 7 nitrogen and oxygen atoms in total. The Labute approximate surface area is 118 Å². The van der Waals surface area contributed by atoms with Gasteiger partial charge < -0.3 is 10.6 Å². The van der Waals surface area contributed by atoms with Crippen molar-refractivity contribution in [2.75, 3.05) is 24.2 Å². The van der Waals surface area contributed by atoms with E-state index in [1.807, 2.05) is 17.9 Å². The molecule has 20 heavy (non-hydrogen) atoms. The molecule has 0 saturated heterocycles. The summed E-state index contributed by atoms with van der Waals surface area (Å²) in [5.74, 6) is 1.82. The molecule has 0 atom stereocenters. The number of nitrogens with one attached hydrogen (secondary N) is 2. The third-order valence-corrected chi connectivity index (χ3v) is 3.01. The lowest BCUT2D eigenvalue weighted by Gasteiger charge is -2.13. The minimum Gasteiger partial charge on any atom is -0.373 e. The van der Waals surface area contributed by atoms with Gasteiger partial charge in [-0.2, -0.15) is 0 Å². The molecule has 0 bridgehead atoms. The van der Waals surface area contributed by atoms with Gasteiger partial charge in [-0.3, -0.25) is 4.68 Å². The van der Waals surface area contributed by atoms with E-state index < -0.39 is 0 Å². The summed E-state index contributed by atoms with van der Waals surface area (Å²) in [7, 11) is 1.88. The van der Waals surface area contributed by atoms with Crippen molar-refractivity contribution < 1.29 is 0 Å². The lowest BCUT2D eigenvalue weighted by molar-refractivity contribution is 0.569. The minimum atomic E-state index is 0.844. The summed E-state index contributed by atoms with van der Waals surface area (Å²) < 4.78 is 1.83. The third-order valence-electron chi connectivity index (χ3n) is 3.01. The van der Waals surface area contributed by atoms with Crippen LogP contribution in [0.1, 0.15) is 25.3 Å². The number of nitrogens with zero attached hydrogens (tertiary/aromatic N) is 5. The zero-order valence-electron chi connectivity index (χ0n) is 12.0. The van der Waals surface area contributed by atoms with Gasteiger partial charge in [0.2, 0.25) is 0 Å². The summed E-state index contributed by atoms with van der Waals surface area (Å²) in [6.45, 7) is 3.84. The van der Waals surface area contributed by atoms with Crippen LogP contribution in [0.3, 0.4) is 0 Å². The number of anilines is 2. The van der Waals surface area contributed by atoms with Gasteiger partial charge in [0.1, 0.15) is 18.0 Å². The molecule has 0 aromatic carbocycles. The first-order valence-electron chi connectivity index (χ1n) is 6.94. The number of rotatable bonds is 8. The molecule has 0 fully saturated rings. The Balaban J connectivity index is 1.91. The van der Waals surface area contributed by atoms with Crippen molar-refractivity contribution in [1.29, 1.82) is 0 Å². The maximum atomic E-state index is 4.34. The van der Waals surface area contributed by atoms with Crippen LogP contribution in [0.15, 0.2) is 18.7 Å². The van der Waals surface area contributed by atoms with Crippen molar-refractivity contribution >= 4 is 11.6 Å². The van der Waals surface area contributed by atoms with E-state index in [-0.39, 0.29) is 0 Å². The average molecular weight is 275 g/mol. The van der Waals surface area contributed by atoms with E-state index >= 15 is 0 Å². The van der Waals surface area contributed by atoms with Crippen molar-refractivity contribution in [2.24, 2.45) is 0 Å². The van der Waals surface area contributed by atoms with E-state index in [0.717, 1.165) is 49.6 Å². The number of hydrogen-bond donors (Lipinski definition) is 2. The molecule has 2 aromatic rings. The van der Waals surface area contributed by atoms with Gasteiger partial charge in [-0.05, 0) is 12.8 Å². The fourth-order valence-corrected chi connectivity index (χ4v) is 2.07. The highest BCUT2D eigenvalue weighted by Crippen LogP contribution is 2.21. The maximum Gasteiger partial charge on any atom is 0.134 e. The zero-order valence-corrected chi connectivity index (χ0v) is 12.0. The van der Waals surface area contributed by atoms with E-state index in [9.17, 15) is 0 Å². The summed E-state index contributed by atoms with van der Waals surface area (Å²) in [5, 5.41) is 14.2. The fraction of sp³-hybridized carbons (Fsp3) is 0.538. The van der Waals surface area contributed by atoms with E-state index in [4.69, 9.17) is 0 Å². The molecule has 2 aromatic heterocycles. The Bertz CT molecular complexity index is 509. The highest BCUT2D eigenvalue weighted by Gasteiger charge is 2.08. The largest absolute Gasteiger partial charge is 0.373 e. The lowest BCUT2D eigenvalue weighted by atomic mass is 10.1. The van der Waals surface area contributed by atoms with Crippen LogP contribution in [-0.4, -0.2) is 38.6 Å². The second kappa shape index (κ2) is 7.42. The first kappa shape index (κ1) is 14.2. The second-order valence-electron chi connectivity index (χ2n) is 4.50. The van der Waals surface area contributed by atoms with Crippen molar-refractivity contribution in [1.82, 2.24) is 25.0 Å². The van der Waals surface area contributed by atoms with Gasteiger partial charge in [-0.15, -0.1) is 5.10 Å². The van der Waals surface area contributed by atoms with Gasteiger partial charge in [-0.25, -0.2) is 9.97 Å². The Kier molecular flexibility index (Phi) is 5.28. The molecule has 0 aliphatic heterocycles. The smallest absolute Gasteiger partial charge is 0.134 e. The lowest BCUT2D eigenvalue weighted by Crippen LogP contribution is -2.11. The molecular weight excluding hydrogens is 254 g/mol. The van der Waals surface area contributed by atoms with Gasteiger partial charge in [-0.1, -0.05) is 18.6 Å². The molecule has 2 heterocycles. The van der Waals surface area contributed by atoms with Crippen molar-refractivity contribution in [3.05, 3.63) is 24.3 Å². The minimum absolute atomic E-state index is 0.844. The van der Waals surface area contributed by atoms with E-state index in [2.05, 4.69) is 37.8 Å². The summed E-state index contributed by atoms with van der Waals surface area (Å²) >= 11 is 0. The predicted molar refractivity (Wildman–Crippen MR) is 78.7 cm³/mol. The molecule has 0 aliphatic rings. The molecule has 0 unspecified atom stereocenters. The first-order chi connectivity index (χ1) is 9.85. The standard InChI is InChI=1S/C13H21N7/c1-3-5-11-12(14-2)16-10-17-13(11)15-6-4-8-20-9-7-18-19-20/h7,9-10H,3-6,8H2,1-2H3,(H2,14,15,16,17). The summed E-state index contributed by atoms with van der Waals surface area (Å²) in [5.41, 5.74) is 1.15. The van der Waals surface area contributed by atoms with Gasteiger partial charge in [0.25, 0.3) is 0 Å². The molecule has 108 valence electrons. The third kappa shape index (κ3) is 3.66. The van der Waals surface area contributed by atoms with E-state index in [0.29, 0.717) is 0 Å². The van der Waals surface area contributed by atoms with E-state index in [1.165, 1.54) is 0 Å². The van der Waals surface area contributed by atoms with Crippen molar-refractivity contribution in [2.45, 2.75) is 32.7 Å². The number of aromatic nitrogens is 5. The molecule has 0 aliphatic carbocycles. The summed E-state index contributed by atoms with van der Waals surface area (Å²) in [6, 6.07) is 0. The predicted octanol–water partition coefficient (Wildman–Crippen LogP) is 1.56.